The number of nitrogens with two attached hydrogens (primary N) is 1. The standard InChI is InChI=1S/C17H24FN3O3/c18-14-4-1-2-5-15(14)24-11-3-8-20-16(22)12-21-9-6-13(7-10-21)17(19)23/h1-2,4-5,13H,3,6-12H2,(H2,19,23)(H,20,22). The molecule has 0 atom stereocenters. The molecule has 1 aromatic rings. The largest absolute Gasteiger partial charge is 0.490 e. The van der Waals surface area contributed by atoms with E-state index < -0.39 is 0 Å². The Bertz CT molecular complexity index is 560. The zero-order chi connectivity index (χ0) is 17.4. The molecule has 1 aliphatic rings. The van der Waals surface area contributed by atoms with Crippen LogP contribution in [0.5, 0.6) is 5.75 Å². The van der Waals surface area contributed by atoms with Crippen LogP contribution in [0.2, 0.25) is 0 Å². The van der Waals surface area contributed by atoms with Gasteiger partial charge in [-0.1, -0.05) is 12.1 Å². The summed E-state index contributed by atoms with van der Waals surface area (Å²) in [6.07, 6.45) is 2.02. The molecule has 1 fully saturated rings. The summed E-state index contributed by atoms with van der Waals surface area (Å²) in [5, 5.41) is 2.82. The molecule has 2 amide bonds. The van der Waals surface area contributed by atoms with Gasteiger partial charge in [-0.2, -0.15) is 0 Å². The highest BCUT2D eigenvalue weighted by Crippen LogP contribution is 2.16. The number of carbonyl (C=O) groups is 2. The summed E-state index contributed by atoms with van der Waals surface area (Å²) in [5.41, 5.74) is 5.29. The minimum atomic E-state index is -0.388. The average Bonchev–Trinajstić information content (AvgIpc) is 2.56. The van der Waals surface area contributed by atoms with Crippen LogP contribution in [0.4, 0.5) is 4.39 Å². The molecule has 2 rings (SSSR count). The third-order valence-electron chi connectivity index (χ3n) is 4.09. The van der Waals surface area contributed by atoms with Crippen molar-refractivity contribution in [1.82, 2.24) is 10.2 Å². The van der Waals surface area contributed by atoms with Gasteiger partial charge in [0.2, 0.25) is 11.8 Å². The van der Waals surface area contributed by atoms with Crippen LogP contribution in [0.3, 0.4) is 0 Å². The molecule has 0 aromatic heterocycles. The summed E-state index contributed by atoms with van der Waals surface area (Å²) in [7, 11) is 0. The maximum Gasteiger partial charge on any atom is 0.234 e. The second-order valence-corrected chi connectivity index (χ2v) is 5.94. The van der Waals surface area contributed by atoms with E-state index in [0.29, 0.717) is 52.0 Å². The van der Waals surface area contributed by atoms with Crippen LogP contribution in [0.1, 0.15) is 19.3 Å². The number of benzene rings is 1. The highest BCUT2D eigenvalue weighted by atomic mass is 19.1. The molecule has 132 valence electrons. The molecule has 1 aliphatic heterocycles. The van der Waals surface area contributed by atoms with Crippen LogP contribution in [0, 0.1) is 11.7 Å². The fourth-order valence-corrected chi connectivity index (χ4v) is 2.68. The van der Waals surface area contributed by atoms with Gasteiger partial charge in [0.05, 0.1) is 13.2 Å². The van der Waals surface area contributed by atoms with E-state index in [9.17, 15) is 14.0 Å². The first-order valence-electron chi connectivity index (χ1n) is 8.22. The third-order valence-corrected chi connectivity index (χ3v) is 4.09. The molecular weight excluding hydrogens is 313 g/mol. The van der Waals surface area contributed by atoms with Crippen molar-refractivity contribution in [2.75, 3.05) is 32.8 Å². The van der Waals surface area contributed by atoms with E-state index in [4.69, 9.17) is 10.5 Å². The molecule has 7 heteroatoms. The predicted octanol–water partition coefficient (Wildman–Crippen LogP) is 0.908. The lowest BCUT2D eigenvalue weighted by Gasteiger charge is -2.29. The monoisotopic (exact) mass is 337 g/mol. The number of nitrogens with one attached hydrogen (secondary N) is 1. The van der Waals surface area contributed by atoms with Crippen molar-refractivity contribution in [3.05, 3.63) is 30.1 Å². The van der Waals surface area contributed by atoms with E-state index in [1.165, 1.54) is 6.07 Å². The summed E-state index contributed by atoms with van der Waals surface area (Å²) in [5.74, 6) is -0.547. The number of rotatable bonds is 8. The number of nitrogens with zero attached hydrogens (tertiary/aromatic N) is 1. The van der Waals surface area contributed by atoms with Crippen molar-refractivity contribution < 1.29 is 18.7 Å². The molecule has 6 nitrogen and oxygen atoms in total. The van der Waals surface area contributed by atoms with Gasteiger partial charge in [-0.15, -0.1) is 0 Å². The van der Waals surface area contributed by atoms with Crippen LogP contribution in [0.15, 0.2) is 24.3 Å². The minimum absolute atomic E-state index is 0.0570. The molecule has 0 aliphatic carbocycles. The van der Waals surface area contributed by atoms with Gasteiger partial charge in [-0.3, -0.25) is 14.5 Å². The van der Waals surface area contributed by atoms with Crippen molar-refractivity contribution in [2.24, 2.45) is 11.7 Å². The van der Waals surface area contributed by atoms with Gasteiger partial charge in [-0.25, -0.2) is 4.39 Å². The Morgan fingerprint density at radius 1 is 1.29 bits per heavy atom. The lowest BCUT2D eigenvalue weighted by atomic mass is 9.96. The maximum absolute atomic E-state index is 13.3. The molecule has 0 bridgehead atoms. The number of piperidine rings is 1. The van der Waals surface area contributed by atoms with Crippen LogP contribution in [-0.4, -0.2) is 49.5 Å². The first kappa shape index (κ1) is 18.2. The number of primary amides is 1. The molecule has 3 N–H and O–H groups in total. The minimum Gasteiger partial charge on any atom is -0.490 e. The molecule has 0 spiro atoms. The highest BCUT2D eigenvalue weighted by Gasteiger charge is 2.23. The quantitative estimate of drug-likeness (QED) is 0.691. The summed E-state index contributed by atoms with van der Waals surface area (Å²) in [6.45, 7) is 2.55. The van der Waals surface area contributed by atoms with Crippen molar-refractivity contribution >= 4 is 11.8 Å². The fraction of sp³-hybridized carbons (Fsp3) is 0.529. The number of likely N-dealkylation sites (tertiary alicyclic amines) is 1. The molecule has 24 heavy (non-hydrogen) atoms. The SMILES string of the molecule is NC(=O)C1CCN(CC(=O)NCCCOc2ccccc2F)CC1. The molecule has 0 saturated carbocycles. The van der Waals surface area contributed by atoms with E-state index in [0.717, 1.165) is 0 Å². The van der Waals surface area contributed by atoms with E-state index in [-0.39, 0.29) is 29.3 Å². The van der Waals surface area contributed by atoms with Crippen molar-refractivity contribution in [2.45, 2.75) is 19.3 Å². The number of ether oxygens (including phenoxy) is 1. The molecule has 0 unspecified atom stereocenters. The first-order valence-corrected chi connectivity index (χ1v) is 8.22. The number of para-hydroxylation sites is 1. The summed E-state index contributed by atoms with van der Waals surface area (Å²) in [6, 6.07) is 6.23. The molecular formula is C17H24FN3O3. The maximum atomic E-state index is 13.3. The van der Waals surface area contributed by atoms with Crippen molar-refractivity contribution in [3.63, 3.8) is 0 Å². The van der Waals surface area contributed by atoms with Crippen molar-refractivity contribution in [1.29, 1.82) is 0 Å². The summed E-state index contributed by atoms with van der Waals surface area (Å²) in [4.78, 5) is 25.0. The highest BCUT2D eigenvalue weighted by molar-refractivity contribution is 5.78. The number of amides is 2. The Kier molecular flexibility index (Phi) is 6.99. The van der Waals surface area contributed by atoms with E-state index >= 15 is 0 Å². The van der Waals surface area contributed by atoms with Crippen molar-refractivity contribution in [3.8, 4) is 5.75 Å². The van der Waals surface area contributed by atoms with Gasteiger partial charge in [0.25, 0.3) is 0 Å². The van der Waals surface area contributed by atoms with Gasteiger partial charge in [0, 0.05) is 12.5 Å². The number of carbonyl (C=O) groups excluding carboxylic acids is 2. The second-order valence-electron chi connectivity index (χ2n) is 5.94. The first-order chi connectivity index (χ1) is 11.6. The fourth-order valence-electron chi connectivity index (χ4n) is 2.68. The molecule has 0 radical (unpaired) electrons. The number of hydrogen-bond acceptors (Lipinski definition) is 4. The normalized spacial score (nSPS) is 15.9. The Labute approximate surface area is 141 Å². The van der Waals surface area contributed by atoms with E-state index in [1.54, 1.807) is 18.2 Å². The lowest BCUT2D eigenvalue weighted by molar-refractivity contribution is -0.124. The van der Waals surface area contributed by atoms with E-state index in [1.807, 2.05) is 4.90 Å². The summed E-state index contributed by atoms with van der Waals surface area (Å²) < 4.78 is 18.7. The van der Waals surface area contributed by atoms with Gasteiger partial charge in [0.1, 0.15) is 0 Å². The molecule has 1 aromatic carbocycles. The Hall–Kier alpha value is -2.15. The smallest absolute Gasteiger partial charge is 0.234 e. The average molecular weight is 337 g/mol. The zero-order valence-corrected chi connectivity index (χ0v) is 13.7. The zero-order valence-electron chi connectivity index (χ0n) is 13.7. The van der Waals surface area contributed by atoms with Gasteiger partial charge in [0.15, 0.2) is 11.6 Å². The predicted molar refractivity (Wildman–Crippen MR) is 87.9 cm³/mol. The number of halogens is 1. The molecule has 1 heterocycles. The number of hydrogen-bond donors (Lipinski definition) is 2. The Morgan fingerprint density at radius 2 is 2.00 bits per heavy atom. The third kappa shape index (κ3) is 5.81. The Balaban J connectivity index is 1.56. The van der Waals surface area contributed by atoms with E-state index in [2.05, 4.69) is 5.32 Å². The van der Waals surface area contributed by atoms with Crippen LogP contribution in [-0.2, 0) is 9.59 Å². The van der Waals surface area contributed by atoms with Gasteiger partial charge >= 0.3 is 0 Å². The van der Waals surface area contributed by atoms with Crippen LogP contribution >= 0.6 is 0 Å². The second kappa shape index (κ2) is 9.22. The lowest BCUT2D eigenvalue weighted by Crippen LogP contribution is -2.43. The van der Waals surface area contributed by atoms with Crippen LogP contribution < -0.4 is 15.8 Å². The van der Waals surface area contributed by atoms with Gasteiger partial charge in [-0.05, 0) is 44.5 Å². The van der Waals surface area contributed by atoms with Crippen LogP contribution in [0.25, 0.3) is 0 Å². The molecule has 1 saturated heterocycles. The van der Waals surface area contributed by atoms with Gasteiger partial charge < -0.3 is 15.8 Å². The topological polar surface area (TPSA) is 84.7 Å². The summed E-state index contributed by atoms with van der Waals surface area (Å²) >= 11 is 0. The Morgan fingerprint density at radius 3 is 2.67 bits per heavy atom.